The summed E-state index contributed by atoms with van der Waals surface area (Å²) >= 11 is 0. The van der Waals surface area contributed by atoms with Crippen LogP contribution in [0.3, 0.4) is 0 Å². The summed E-state index contributed by atoms with van der Waals surface area (Å²) in [7, 11) is 3.49. The van der Waals surface area contributed by atoms with Gasteiger partial charge in [0.05, 0.1) is 14.2 Å². The minimum absolute atomic E-state index is 0. The molecule has 0 amide bonds. The summed E-state index contributed by atoms with van der Waals surface area (Å²) in [5.41, 5.74) is 8.82. The van der Waals surface area contributed by atoms with Crippen molar-refractivity contribution in [2.75, 3.05) is 12.8 Å². The van der Waals surface area contributed by atoms with Crippen LogP contribution in [0.5, 0.6) is 5.75 Å². The molecule has 5 nitrogen and oxygen atoms in total. The number of anilines is 1. The van der Waals surface area contributed by atoms with E-state index in [9.17, 15) is 4.79 Å². The summed E-state index contributed by atoms with van der Waals surface area (Å²) in [6.45, 7) is 0.193. The largest absolute Gasteiger partial charge is 1.00 e. The minimum atomic E-state index is -0.000403. The Kier molecular flexibility index (Phi) is 5.98. The highest BCUT2D eigenvalue weighted by Crippen LogP contribution is 2.19. The van der Waals surface area contributed by atoms with Crippen LogP contribution in [0.4, 0.5) is 5.95 Å². The van der Waals surface area contributed by atoms with Gasteiger partial charge in [-0.2, -0.15) is 0 Å². The molecule has 3 aromatic rings. The van der Waals surface area contributed by atoms with Crippen molar-refractivity contribution in [1.29, 1.82) is 0 Å². The number of benzene rings is 2. The number of hydrogen-bond acceptors (Lipinski definition) is 3. The highest BCUT2D eigenvalue weighted by Gasteiger charge is 2.20. The molecule has 0 aliphatic carbocycles. The van der Waals surface area contributed by atoms with Gasteiger partial charge in [0.1, 0.15) is 24.2 Å². The van der Waals surface area contributed by atoms with Crippen LogP contribution in [0.25, 0.3) is 11.3 Å². The average molecular weight is 402 g/mol. The zero-order valence-electron chi connectivity index (χ0n) is 14.1. The van der Waals surface area contributed by atoms with E-state index in [1.165, 1.54) is 0 Å². The van der Waals surface area contributed by atoms with Gasteiger partial charge in [-0.1, -0.05) is 30.3 Å². The van der Waals surface area contributed by atoms with Gasteiger partial charge in [-0.25, -0.2) is 9.13 Å². The number of aromatic nitrogens is 2. The van der Waals surface area contributed by atoms with Gasteiger partial charge >= 0.3 is 5.95 Å². The predicted molar refractivity (Wildman–Crippen MR) is 92.8 cm³/mol. The first-order valence-electron chi connectivity index (χ1n) is 7.67. The molecule has 0 saturated heterocycles. The van der Waals surface area contributed by atoms with E-state index >= 15 is 0 Å². The molecule has 3 rings (SSSR count). The smallest absolute Gasteiger partial charge is 0.355 e. The number of methoxy groups -OCH3 is 1. The van der Waals surface area contributed by atoms with Crippen LogP contribution >= 0.6 is 0 Å². The van der Waals surface area contributed by atoms with Crippen LogP contribution in [0, 0.1) is 0 Å². The fraction of sp³-hybridized carbons (Fsp3) is 0.158. The Morgan fingerprint density at radius 1 is 1.12 bits per heavy atom. The summed E-state index contributed by atoms with van der Waals surface area (Å²) in [5, 5.41) is 0. The Morgan fingerprint density at radius 3 is 2.36 bits per heavy atom. The van der Waals surface area contributed by atoms with Gasteiger partial charge < -0.3 is 21.7 Å². The number of halogens is 1. The first-order chi connectivity index (χ1) is 11.6. The molecule has 2 aromatic carbocycles. The van der Waals surface area contributed by atoms with Crippen LogP contribution in [-0.4, -0.2) is 17.5 Å². The number of nitrogens with zero attached hydrogens (tertiary/aromatic N) is 2. The molecule has 25 heavy (non-hydrogen) atoms. The number of nitrogen functional groups attached to an aromatic ring is 1. The second-order valence-electron chi connectivity index (χ2n) is 5.58. The molecule has 1 heterocycles. The van der Waals surface area contributed by atoms with E-state index in [1.54, 1.807) is 35.9 Å². The van der Waals surface area contributed by atoms with Gasteiger partial charge in [0.15, 0.2) is 5.78 Å². The van der Waals surface area contributed by atoms with Crippen molar-refractivity contribution in [2.45, 2.75) is 6.54 Å². The summed E-state index contributed by atoms with van der Waals surface area (Å²) in [4.78, 5) is 12.5. The second-order valence-corrected chi connectivity index (χ2v) is 5.58. The third-order valence-corrected chi connectivity index (χ3v) is 4.07. The molecule has 1 aromatic heterocycles. The van der Waals surface area contributed by atoms with Crippen molar-refractivity contribution in [3.63, 3.8) is 0 Å². The van der Waals surface area contributed by atoms with E-state index in [4.69, 9.17) is 10.5 Å². The summed E-state index contributed by atoms with van der Waals surface area (Å²) in [5.74, 6) is 1.26. The molecule has 0 aliphatic rings. The number of ketones is 1. The van der Waals surface area contributed by atoms with Gasteiger partial charge in [0.2, 0.25) is 0 Å². The van der Waals surface area contributed by atoms with E-state index in [0.29, 0.717) is 11.5 Å². The van der Waals surface area contributed by atoms with Gasteiger partial charge in [-0.3, -0.25) is 10.5 Å². The first kappa shape index (κ1) is 18.7. The molecule has 0 radical (unpaired) electrons. The molecule has 2 N–H and O–H groups in total. The van der Waals surface area contributed by atoms with Crippen molar-refractivity contribution in [1.82, 2.24) is 4.57 Å². The summed E-state index contributed by atoms with van der Waals surface area (Å²) in [6, 6.07) is 17.0. The Balaban J connectivity index is 0.00000225. The molecule has 0 fully saturated rings. The normalized spacial score (nSPS) is 10.2. The van der Waals surface area contributed by atoms with Crippen molar-refractivity contribution < 1.29 is 31.1 Å². The maximum Gasteiger partial charge on any atom is 0.355 e. The summed E-state index contributed by atoms with van der Waals surface area (Å²) < 4.78 is 8.77. The molecule has 0 unspecified atom stereocenters. The second kappa shape index (κ2) is 7.98. The number of hydrogen-bond donors (Lipinski definition) is 1. The number of carbonyl (C=O) groups excluding carboxylic acids is 1. The predicted octanol–water partition coefficient (Wildman–Crippen LogP) is -0.543. The Labute approximate surface area is 157 Å². The van der Waals surface area contributed by atoms with Gasteiger partial charge in [-0.05, 0) is 24.3 Å². The van der Waals surface area contributed by atoms with Crippen molar-refractivity contribution in [2.24, 2.45) is 7.05 Å². The maximum atomic E-state index is 12.5. The number of rotatable bonds is 5. The van der Waals surface area contributed by atoms with Crippen LogP contribution in [0.1, 0.15) is 10.4 Å². The van der Waals surface area contributed by atoms with Gasteiger partial charge in [0.25, 0.3) is 0 Å². The van der Waals surface area contributed by atoms with E-state index in [1.807, 2.05) is 48.1 Å². The lowest BCUT2D eigenvalue weighted by Gasteiger charge is -2.02. The molecule has 0 spiro atoms. The average Bonchev–Trinajstić information content (AvgIpc) is 2.91. The number of ether oxygens (including phenoxy) is 1. The van der Waals surface area contributed by atoms with Crippen LogP contribution < -0.4 is 32.0 Å². The first-order valence-corrected chi connectivity index (χ1v) is 7.67. The molecule has 6 heteroatoms. The van der Waals surface area contributed by atoms with Gasteiger partial charge in [0, 0.05) is 11.1 Å². The maximum absolute atomic E-state index is 12.5. The monoisotopic (exact) mass is 401 g/mol. The lowest BCUT2D eigenvalue weighted by Crippen LogP contribution is -3.00. The standard InChI is InChI=1S/C19H19N3O2.BrH/c1-21-17(14-6-4-3-5-7-14)12-22(19(21)20)13-18(23)15-8-10-16(24-2)11-9-15;/h3-12,20H,13H2,1-2H3;1H. The Bertz CT molecular complexity index is 858. The Hall–Kier alpha value is -2.60. The molecule has 130 valence electrons. The highest BCUT2D eigenvalue weighted by atomic mass is 79.9. The topological polar surface area (TPSA) is 61.1 Å². The lowest BCUT2D eigenvalue weighted by molar-refractivity contribution is -0.667. The Morgan fingerprint density at radius 2 is 1.76 bits per heavy atom. The third-order valence-electron chi connectivity index (χ3n) is 4.07. The fourth-order valence-electron chi connectivity index (χ4n) is 2.64. The molecule has 0 bridgehead atoms. The fourth-order valence-corrected chi connectivity index (χ4v) is 2.64. The van der Waals surface area contributed by atoms with Crippen LogP contribution in [0.2, 0.25) is 0 Å². The molecule has 0 saturated carbocycles. The number of carbonyl (C=O) groups is 1. The van der Waals surface area contributed by atoms with Crippen molar-refractivity contribution in [3.05, 3.63) is 66.4 Å². The molecule has 0 atom stereocenters. The van der Waals surface area contributed by atoms with Crippen LogP contribution in [-0.2, 0) is 13.6 Å². The van der Waals surface area contributed by atoms with Crippen molar-refractivity contribution in [3.8, 4) is 17.0 Å². The molecular formula is C19H20BrN3O2. The van der Waals surface area contributed by atoms with Gasteiger partial charge in [-0.15, -0.1) is 0 Å². The number of nitrogens with two attached hydrogens (primary N) is 1. The number of imidazole rings is 1. The van der Waals surface area contributed by atoms with Crippen molar-refractivity contribution >= 4 is 11.7 Å². The minimum Gasteiger partial charge on any atom is -1.00 e. The summed E-state index contributed by atoms with van der Waals surface area (Å²) in [6.07, 6.45) is 1.91. The van der Waals surface area contributed by atoms with E-state index in [0.717, 1.165) is 17.0 Å². The SMILES string of the molecule is COc1ccc(C(=O)C[n+]2cc(-c3ccccc3)n(C)c2N)cc1.[Br-]. The van der Waals surface area contributed by atoms with E-state index in [2.05, 4.69) is 0 Å². The number of Topliss-reactive ketones (excluding diaryl/α,β-unsaturated/α-hetero) is 1. The molecule has 0 aliphatic heterocycles. The highest BCUT2D eigenvalue weighted by molar-refractivity contribution is 5.95. The zero-order chi connectivity index (χ0) is 17.1. The lowest BCUT2D eigenvalue weighted by atomic mass is 10.1. The van der Waals surface area contributed by atoms with Crippen LogP contribution in [0.15, 0.2) is 60.8 Å². The van der Waals surface area contributed by atoms with E-state index < -0.39 is 0 Å². The third kappa shape index (κ3) is 3.91. The zero-order valence-corrected chi connectivity index (χ0v) is 15.7. The van der Waals surface area contributed by atoms with E-state index in [-0.39, 0.29) is 29.3 Å². The quantitative estimate of drug-likeness (QED) is 0.461. The molecular weight excluding hydrogens is 382 g/mol.